The number of nitrogens with zero attached hydrogens (tertiary/aromatic N) is 3. The van der Waals surface area contributed by atoms with Crippen LogP contribution in [-0.4, -0.2) is 40.7 Å². The lowest BCUT2D eigenvalue weighted by atomic mass is 9.76. The number of carbonyl (C=O) groups excluding carboxylic acids is 2. The third-order valence-electron chi connectivity index (χ3n) is 8.57. The summed E-state index contributed by atoms with van der Waals surface area (Å²) < 4.78 is 6.05. The Morgan fingerprint density at radius 1 is 0.912 bits per heavy atom. The van der Waals surface area contributed by atoms with Gasteiger partial charge in [-0.05, 0) is 73.5 Å². The van der Waals surface area contributed by atoms with Gasteiger partial charge in [0.05, 0.1) is 4.70 Å². The number of benzene rings is 1. The summed E-state index contributed by atoms with van der Waals surface area (Å²) in [7, 11) is 0. The number of imide groups is 1. The number of aromatic nitrogens is 1. The molecule has 1 aromatic carbocycles. The molecule has 3 aliphatic rings. The highest BCUT2D eigenvalue weighted by Crippen LogP contribution is 2.47. The van der Waals surface area contributed by atoms with Gasteiger partial charge < -0.3 is 4.90 Å². The topological polar surface area (TPSA) is 53.5 Å². The van der Waals surface area contributed by atoms with Crippen molar-refractivity contribution in [2.75, 3.05) is 24.5 Å². The highest BCUT2D eigenvalue weighted by Gasteiger charge is 2.44. The number of likely N-dealkylation sites (tertiary alicyclic amines) is 1. The number of hydrogen-bond donors (Lipinski definition) is 0. The molecule has 6 heteroatoms. The Balaban J connectivity index is 0.996. The molecule has 1 atom stereocenters. The SMILES string of the molecule is O=C1CC2(CCCC2)CC(=O)N1CCCCCCC1CCCN(c2nsc3ccccc23)CC1. The van der Waals surface area contributed by atoms with Gasteiger partial charge >= 0.3 is 0 Å². The van der Waals surface area contributed by atoms with E-state index in [-0.39, 0.29) is 17.2 Å². The summed E-state index contributed by atoms with van der Waals surface area (Å²) in [5.74, 6) is 2.17. The fourth-order valence-corrected chi connectivity index (χ4v) is 7.38. The van der Waals surface area contributed by atoms with Crippen LogP contribution in [0.2, 0.25) is 0 Å². The van der Waals surface area contributed by atoms with Crippen molar-refractivity contribution >= 4 is 39.3 Å². The van der Waals surface area contributed by atoms with E-state index in [1.165, 1.54) is 67.3 Å². The fraction of sp³-hybridized carbons (Fsp3) is 0.679. The number of amides is 2. The van der Waals surface area contributed by atoms with Crippen LogP contribution in [-0.2, 0) is 9.59 Å². The van der Waals surface area contributed by atoms with Gasteiger partial charge in [0.1, 0.15) is 5.82 Å². The van der Waals surface area contributed by atoms with Gasteiger partial charge in [-0.15, -0.1) is 0 Å². The van der Waals surface area contributed by atoms with E-state index in [1.807, 2.05) is 0 Å². The van der Waals surface area contributed by atoms with Crippen LogP contribution in [0.5, 0.6) is 0 Å². The number of rotatable bonds is 8. The van der Waals surface area contributed by atoms with E-state index >= 15 is 0 Å². The Morgan fingerprint density at radius 3 is 2.50 bits per heavy atom. The number of piperidine rings is 1. The predicted molar refractivity (Wildman–Crippen MR) is 139 cm³/mol. The molecule has 1 unspecified atom stereocenters. The normalized spacial score (nSPS) is 23.2. The van der Waals surface area contributed by atoms with Crippen LogP contribution in [0.1, 0.15) is 89.9 Å². The van der Waals surface area contributed by atoms with E-state index in [0.29, 0.717) is 19.4 Å². The van der Waals surface area contributed by atoms with E-state index in [2.05, 4.69) is 29.2 Å². The zero-order valence-electron chi connectivity index (χ0n) is 20.5. The molecule has 0 radical (unpaired) electrons. The number of fused-ring (bicyclic) bond motifs is 1. The van der Waals surface area contributed by atoms with Crippen LogP contribution in [0.4, 0.5) is 5.82 Å². The van der Waals surface area contributed by atoms with E-state index in [4.69, 9.17) is 4.37 Å². The molecule has 184 valence electrons. The summed E-state index contributed by atoms with van der Waals surface area (Å²) in [6.07, 6.45) is 15.4. The molecule has 1 aliphatic carbocycles. The average molecular weight is 482 g/mol. The lowest BCUT2D eigenvalue weighted by Gasteiger charge is -2.37. The van der Waals surface area contributed by atoms with Gasteiger partial charge in [-0.25, -0.2) is 0 Å². The van der Waals surface area contributed by atoms with Gasteiger partial charge in [0, 0.05) is 37.9 Å². The first kappa shape index (κ1) is 23.8. The molecule has 5 rings (SSSR count). The molecule has 2 amide bonds. The molecule has 0 N–H and O–H groups in total. The lowest BCUT2D eigenvalue weighted by molar-refractivity contribution is -0.153. The zero-order valence-corrected chi connectivity index (χ0v) is 21.3. The van der Waals surface area contributed by atoms with Gasteiger partial charge in [0.25, 0.3) is 0 Å². The first-order valence-electron chi connectivity index (χ1n) is 13.6. The molecule has 1 saturated carbocycles. The molecule has 1 spiro atoms. The molecule has 3 fully saturated rings. The second kappa shape index (κ2) is 10.8. The third-order valence-corrected chi connectivity index (χ3v) is 9.39. The highest BCUT2D eigenvalue weighted by molar-refractivity contribution is 7.13. The minimum atomic E-state index is 0.0194. The highest BCUT2D eigenvalue weighted by atomic mass is 32.1. The first-order valence-corrected chi connectivity index (χ1v) is 14.3. The van der Waals surface area contributed by atoms with E-state index in [9.17, 15) is 9.59 Å². The summed E-state index contributed by atoms with van der Waals surface area (Å²) in [5.41, 5.74) is 0.0194. The van der Waals surface area contributed by atoms with Gasteiger partial charge in [-0.1, -0.05) is 50.7 Å². The number of carbonyl (C=O) groups is 2. The van der Waals surface area contributed by atoms with Crippen LogP contribution < -0.4 is 4.90 Å². The molecule has 3 heterocycles. The van der Waals surface area contributed by atoms with E-state index in [1.54, 1.807) is 16.4 Å². The summed E-state index contributed by atoms with van der Waals surface area (Å²) in [6, 6.07) is 8.58. The molecule has 2 aromatic rings. The van der Waals surface area contributed by atoms with Crippen LogP contribution in [0.25, 0.3) is 10.1 Å². The molecular formula is C28H39N3O2S. The van der Waals surface area contributed by atoms with Gasteiger partial charge in [-0.2, -0.15) is 4.37 Å². The van der Waals surface area contributed by atoms with Crippen molar-refractivity contribution < 1.29 is 9.59 Å². The quantitative estimate of drug-likeness (QED) is 0.316. The Kier molecular flexibility index (Phi) is 7.52. The molecule has 34 heavy (non-hydrogen) atoms. The molecule has 1 aromatic heterocycles. The molecule has 2 saturated heterocycles. The van der Waals surface area contributed by atoms with Crippen molar-refractivity contribution in [3.8, 4) is 0 Å². The second-order valence-corrected chi connectivity index (χ2v) is 11.8. The summed E-state index contributed by atoms with van der Waals surface area (Å²) in [6.45, 7) is 2.86. The summed E-state index contributed by atoms with van der Waals surface area (Å²) >= 11 is 1.61. The van der Waals surface area contributed by atoms with Gasteiger partial charge in [-0.3, -0.25) is 14.5 Å². The van der Waals surface area contributed by atoms with Crippen molar-refractivity contribution in [1.82, 2.24) is 9.27 Å². The van der Waals surface area contributed by atoms with Crippen LogP contribution >= 0.6 is 11.5 Å². The van der Waals surface area contributed by atoms with Crippen LogP contribution in [0.3, 0.4) is 0 Å². The molecule has 0 bridgehead atoms. The Hall–Kier alpha value is -1.95. The van der Waals surface area contributed by atoms with Crippen molar-refractivity contribution in [3.05, 3.63) is 24.3 Å². The van der Waals surface area contributed by atoms with Crippen LogP contribution in [0.15, 0.2) is 24.3 Å². The van der Waals surface area contributed by atoms with Crippen LogP contribution in [0, 0.1) is 11.3 Å². The number of anilines is 1. The van der Waals surface area contributed by atoms with Crippen molar-refractivity contribution in [1.29, 1.82) is 0 Å². The molecule has 5 nitrogen and oxygen atoms in total. The van der Waals surface area contributed by atoms with Gasteiger partial charge in [0.2, 0.25) is 11.8 Å². The van der Waals surface area contributed by atoms with E-state index < -0.39 is 0 Å². The Bertz CT molecular complexity index is 976. The van der Waals surface area contributed by atoms with Crippen molar-refractivity contribution in [3.63, 3.8) is 0 Å². The van der Waals surface area contributed by atoms with Crippen molar-refractivity contribution in [2.45, 2.75) is 89.9 Å². The number of hydrogen-bond acceptors (Lipinski definition) is 5. The summed E-state index contributed by atoms with van der Waals surface area (Å²) in [5, 5.41) is 1.30. The fourth-order valence-electron chi connectivity index (χ4n) is 6.58. The standard InChI is InChI=1S/C28H39N3O2S/c32-25-20-28(15-6-7-16-28)21-26(33)31(25)18-8-2-1-3-10-22-11-9-17-30(19-14-22)27-23-12-4-5-13-24(23)34-29-27/h4-5,12-13,22H,1-3,6-11,14-21H2. The Labute approximate surface area is 208 Å². The second-order valence-electron chi connectivity index (χ2n) is 11.0. The Morgan fingerprint density at radius 2 is 1.68 bits per heavy atom. The lowest BCUT2D eigenvalue weighted by Crippen LogP contribution is -2.47. The minimum absolute atomic E-state index is 0.0194. The third kappa shape index (κ3) is 5.32. The van der Waals surface area contributed by atoms with Gasteiger partial charge in [0.15, 0.2) is 0 Å². The summed E-state index contributed by atoms with van der Waals surface area (Å²) in [4.78, 5) is 29.3. The predicted octanol–water partition coefficient (Wildman–Crippen LogP) is 6.56. The monoisotopic (exact) mass is 481 g/mol. The number of unbranched alkanes of at least 4 members (excludes halogenated alkanes) is 3. The molecule has 2 aliphatic heterocycles. The maximum Gasteiger partial charge on any atom is 0.229 e. The maximum atomic E-state index is 12.6. The average Bonchev–Trinajstić information content (AvgIpc) is 3.39. The minimum Gasteiger partial charge on any atom is -0.355 e. The largest absolute Gasteiger partial charge is 0.355 e. The first-order chi connectivity index (χ1) is 16.6. The maximum absolute atomic E-state index is 12.6. The van der Waals surface area contributed by atoms with Crippen molar-refractivity contribution in [2.24, 2.45) is 11.3 Å². The molecular weight excluding hydrogens is 442 g/mol. The smallest absolute Gasteiger partial charge is 0.229 e. The van der Waals surface area contributed by atoms with E-state index in [0.717, 1.165) is 44.7 Å². The zero-order chi connectivity index (χ0) is 23.4.